The number of nitrogens with zero attached hydrogens (tertiary/aromatic N) is 2. The third-order valence-corrected chi connectivity index (χ3v) is 7.66. The summed E-state index contributed by atoms with van der Waals surface area (Å²) in [6.07, 6.45) is 3.64. The highest BCUT2D eigenvalue weighted by molar-refractivity contribution is 7.92. The van der Waals surface area contributed by atoms with Gasteiger partial charge in [0, 0.05) is 17.3 Å². The molecule has 7 heteroatoms. The molecule has 3 aromatic heterocycles. The molecule has 1 aromatic carbocycles. The second-order valence-electron chi connectivity index (χ2n) is 6.74. The molecule has 0 amide bonds. The first kappa shape index (κ1) is 17.9. The number of thiophene rings is 1. The first-order valence-electron chi connectivity index (χ1n) is 8.59. The van der Waals surface area contributed by atoms with Crippen LogP contribution < -0.4 is 0 Å². The van der Waals surface area contributed by atoms with Crippen molar-refractivity contribution in [1.29, 1.82) is 0 Å². The summed E-state index contributed by atoms with van der Waals surface area (Å²) in [6.45, 7) is 5.45. The molecular weight excluding hydrogens is 378 g/mol. The van der Waals surface area contributed by atoms with Gasteiger partial charge >= 0.3 is 0 Å². The SMILES string of the molecule is Cc1cscc1-c1c[nH]c2ncc(-c3ccc(S(=O)(=O)C(C)C)cc3)nc12. The molecule has 5 nitrogen and oxygen atoms in total. The lowest BCUT2D eigenvalue weighted by Gasteiger charge is -2.08. The van der Waals surface area contributed by atoms with Crippen LogP contribution in [0.3, 0.4) is 0 Å². The van der Waals surface area contributed by atoms with Gasteiger partial charge in [-0.2, -0.15) is 11.3 Å². The van der Waals surface area contributed by atoms with Gasteiger partial charge in [-0.15, -0.1) is 0 Å². The van der Waals surface area contributed by atoms with Crippen molar-refractivity contribution in [2.75, 3.05) is 0 Å². The van der Waals surface area contributed by atoms with Crippen LogP contribution in [0, 0.1) is 6.92 Å². The third-order valence-electron chi connectivity index (χ3n) is 4.63. The van der Waals surface area contributed by atoms with Gasteiger partial charge in [0.25, 0.3) is 0 Å². The van der Waals surface area contributed by atoms with E-state index in [9.17, 15) is 8.42 Å². The fourth-order valence-corrected chi connectivity index (χ4v) is 4.87. The summed E-state index contributed by atoms with van der Waals surface area (Å²) in [5.74, 6) is 0. The lowest BCUT2D eigenvalue weighted by Crippen LogP contribution is -2.13. The molecule has 0 aliphatic heterocycles. The van der Waals surface area contributed by atoms with E-state index >= 15 is 0 Å². The van der Waals surface area contributed by atoms with Crippen molar-refractivity contribution in [1.82, 2.24) is 15.0 Å². The number of benzene rings is 1. The molecule has 0 atom stereocenters. The molecule has 0 unspecified atom stereocenters. The average Bonchev–Trinajstić information content (AvgIpc) is 3.26. The van der Waals surface area contributed by atoms with E-state index in [-0.39, 0.29) is 0 Å². The molecule has 1 N–H and O–H groups in total. The Bertz CT molecular complexity index is 1220. The van der Waals surface area contributed by atoms with Crippen molar-refractivity contribution in [3.05, 3.63) is 53.0 Å². The molecule has 4 aromatic rings. The zero-order chi connectivity index (χ0) is 19.2. The van der Waals surface area contributed by atoms with Crippen LogP contribution in [-0.4, -0.2) is 28.6 Å². The van der Waals surface area contributed by atoms with Gasteiger partial charge in [-0.1, -0.05) is 12.1 Å². The summed E-state index contributed by atoms with van der Waals surface area (Å²) in [4.78, 5) is 12.8. The van der Waals surface area contributed by atoms with E-state index in [4.69, 9.17) is 4.98 Å². The molecule has 0 aliphatic rings. The molecule has 0 aliphatic carbocycles. The predicted molar refractivity (Wildman–Crippen MR) is 110 cm³/mol. The van der Waals surface area contributed by atoms with Gasteiger partial charge in [-0.05, 0) is 54.8 Å². The summed E-state index contributed by atoms with van der Waals surface area (Å²) >= 11 is 1.66. The number of sulfone groups is 1. The van der Waals surface area contributed by atoms with Crippen LogP contribution >= 0.6 is 11.3 Å². The number of fused-ring (bicyclic) bond motifs is 1. The Labute approximate surface area is 162 Å². The summed E-state index contributed by atoms with van der Waals surface area (Å²) in [5.41, 5.74) is 6.47. The standard InChI is InChI=1S/C20H19N3O2S2/c1-12(2)27(24,25)15-6-4-14(5-7-15)18-9-22-20-19(23-18)16(8-21-20)17-11-26-10-13(17)3/h4-12H,1-3H3,(H,21,22). The second-order valence-corrected chi connectivity index (χ2v) is 9.99. The molecule has 4 rings (SSSR count). The molecule has 27 heavy (non-hydrogen) atoms. The van der Waals surface area contributed by atoms with E-state index in [0.29, 0.717) is 10.6 Å². The molecule has 0 radical (unpaired) electrons. The van der Waals surface area contributed by atoms with Crippen LogP contribution in [0.2, 0.25) is 0 Å². The number of H-pyrrole nitrogens is 1. The van der Waals surface area contributed by atoms with E-state index in [1.807, 2.05) is 6.20 Å². The van der Waals surface area contributed by atoms with Gasteiger partial charge in [0.1, 0.15) is 5.52 Å². The Morgan fingerprint density at radius 3 is 2.44 bits per heavy atom. The van der Waals surface area contributed by atoms with Crippen LogP contribution in [0.15, 0.2) is 52.3 Å². The maximum absolute atomic E-state index is 12.3. The van der Waals surface area contributed by atoms with Gasteiger partial charge < -0.3 is 4.98 Å². The summed E-state index contributed by atoms with van der Waals surface area (Å²) in [5, 5.41) is 3.77. The van der Waals surface area contributed by atoms with E-state index in [0.717, 1.165) is 27.9 Å². The zero-order valence-electron chi connectivity index (χ0n) is 15.2. The monoisotopic (exact) mass is 397 g/mol. The molecule has 0 spiro atoms. The lowest BCUT2D eigenvalue weighted by atomic mass is 10.1. The maximum atomic E-state index is 12.3. The first-order valence-corrected chi connectivity index (χ1v) is 11.1. The Morgan fingerprint density at radius 1 is 1.07 bits per heavy atom. The van der Waals surface area contributed by atoms with E-state index in [2.05, 4.69) is 27.7 Å². The van der Waals surface area contributed by atoms with E-state index in [1.54, 1.807) is 55.6 Å². The minimum absolute atomic E-state index is 0.325. The van der Waals surface area contributed by atoms with Crippen LogP contribution in [0.25, 0.3) is 33.5 Å². The average molecular weight is 398 g/mol. The highest BCUT2D eigenvalue weighted by Crippen LogP contribution is 2.32. The summed E-state index contributed by atoms with van der Waals surface area (Å²) in [7, 11) is -3.28. The van der Waals surface area contributed by atoms with Crippen LogP contribution in [0.4, 0.5) is 0 Å². The van der Waals surface area contributed by atoms with Gasteiger partial charge in [0.05, 0.1) is 22.0 Å². The summed E-state index contributed by atoms with van der Waals surface area (Å²) in [6, 6.07) is 6.84. The molecule has 0 saturated heterocycles. The topological polar surface area (TPSA) is 75.7 Å². The first-order chi connectivity index (χ1) is 12.9. The number of aromatic nitrogens is 3. The molecule has 0 fully saturated rings. The zero-order valence-corrected chi connectivity index (χ0v) is 16.9. The highest BCUT2D eigenvalue weighted by Gasteiger charge is 2.19. The fraction of sp³-hybridized carbons (Fsp3) is 0.200. The minimum Gasteiger partial charge on any atom is -0.344 e. The Hall–Kier alpha value is -2.51. The van der Waals surface area contributed by atoms with Crippen molar-refractivity contribution in [3.63, 3.8) is 0 Å². The maximum Gasteiger partial charge on any atom is 0.180 e. The van der Waals surface area contributed by atoms with Crippen LogP contribution in [-0.2, 0) is 9.84 Å². The Kier molecular flexibility index (Phi) is 4.36. The number of hydrogen-bond acceptors (Lipinski definition) is 5. The molecule has 0 saturated carbocycles. The second kappa shape index (κ2) is 6.58. The van der Waals surface area contributed by atoms with Gasteiger partial charge in [-0.25, -0.2) is 18.4 Å². The van der Waals surface area contributed by atoms with Gasteiger partial charge in [-0.3, -0.25) is 0 Å². The number of aryl methyl sites for hydroxylation is 1. The summed E-state index contributed by atoms with van der Waals surface area (Å²) < 4.78 is 24.6. The number of hydrogen-bond donors (Lipinski definition) is 1. The van der Waals surface area contributed by atoms with Crippen molar-refractivity contribution >= 4 is 32.3 Å². The van der Waals surface area contributed by atoms with Crippen LogP contribution in [0.1, 0.15) is 19.4 Å². The molecule has 0 bridgehead atoms. The Balaban J connectivity index is 1.78. The van der Waals surface area contributed by atoms with Crippen LogP contribution in [0.5, 0.6) is 0 Å². The minimum atomic E-state index is -3.28. The third kappa shape index (κ3) is 3.07. The van der Waals surface area contributed by atoms with Crippen molar-refractivity contribution in [2.45, 2.75) is 30.9 Å². The molecular formula is C20H19N3O2S2. The Morgan fingerprint density at radius 2 is 1.81 bits per heavy atom. The van der Waals surface area contributed by atoms with E-state index < -0.39 is 15.1 Å². The largest absolute Gasteiger partial charge is 0.344 e. The number of aromatic amines is 1. The highest BCUT2D eigenvalue weighted by atomic mass is 32.2. The van der Waals surface area contributed by atoms with Gasteiger partial charge in [0.2, 0.25) is 0 Å². The predicted octanol–water partition coefficient (Wildman–Crippen LogP) is 4.84. The van der Waals surface area contributed by atoms with Crippen molar-refractivity contribution < 1.29 is 8.42 Å². The number of nitrogens with one attached hydrogen (secondary N) is 1. The molecule has 3 heterocycles. The number of rotatable bonds is 4. The van der Waals surface area contributed by atoms with Crippen molar-refractivity contribution in [3.8, 4) is 22.4 Å². The van der Waals surface area contributed by atoms with Gasteiger partial charge in [0.15, 0.2) is 15.5 Å². The van der Waals surface area contributed by atoms with E-state index in [1.165, 1.54) is 5.56 Å². The van der Waals surface area contributed by atoms with Crippen molar-refractivity contribution in [2.24, 2.45) is 0 Å². The lowest BCUT2D eigenvalue weighted by molar-refractivity contribution is 0.587. The fourth-order valence-electron chi connectivity index (χ4n) is 2.96. The smallest absolute Gasteiger partial charge is 0.180 e. The normalized spacial score (nSPS) is 12.1. The quantitative estimate of drug-likeness (QED) is 0.534. The molecule has 138 valence electrons.